The first-order valence-corrected chi connectivity index (χ1v) is 7.54. The van der Waals surface area contributed by atoms with E-state index in [-0.39, 0.29) is 37.7 Å². The standard InChI is InChI=1S/C16H23N3O4/c1-10-4-5-14(23-3)13(6-10)11(2)17-16(22)19-7-12(9-20)18-15(21)8-19/h4-6,11-12,20H,7-9H2,1-3H3,(H,17,22)(H,18,21)/t11-,12+/m1/s1. The Morgan fingerprint density at radius 1 is 1.57 bits per heavy atom. The number of aryl methyl sites for hydroxylation is 1. The van der Waals surface area contributed by atoms with Gasteiger partial charge in [0.25, 0.3) is 0 Å². The molecule has 7 heteroatoms. The van der Waals surface area contributed by atoms with Gasteiger partial charge in [-0.05, 0) is 19.9 Å². The number of carbonyl (C=O) groups is 2. The fraction of sp³-hybridized carbons (Fsp3) is 0.500. The summed E-state index contributed by atoms with van der Waals surface area (Å²) < 4.78 is 5.34. The van der Waals surface area contributed by atoms with Gasteiger partial charge in [-0.25, -0.2) is 4.79 Å². The third-order valence-corrected chi connectivity index (χ3v) is 3.84. The number of nitrogens with zero attached hydrogens (tertiary/aromatic N) is 1. The average molecular weight is 321 g/mol. The predicted molar refractivity (Wildman–Crippen MR) is 85.3 cm³/mol. The zero-order valence-corrected chi connectivity index (χ0v) is 13.6. The van der Waals surface area contributed by atoms with E-state index in [1.807, 2.05) is 32.0 Å². The second-order valence-electron chi connectivity index (χ2n) is 5.74. The Balaban J connectivity index is 2.07. The number of nitrogens with one attached hydrogen (secondary N) is 2. The molecule has 0 saturated carbocycles. The number of aliphatic hydroxyl groups is 1. The van der Waals surface area contributed by atoms with Gasteiger partial charge in [-0.15, -0.1) is 0 Å². The van der Waals surface area contributed by atoms with Gasteiger partial charge in [-0.2, -0.15) is 0 Å². The van der Waals surface area contributed by atoms with Crippen LogP contribution in [0.15, 0.2) is 18.2 Å². The van der Waals surface area contributed by atoms with E-state index < -0.39 is 6.04 Å². The van der Waals surface area contributed by atoms with Crippen molar-refractivity contribution in [3.05, 3.63) is 29.3 Å². The Morgan fingerprint density at radius 3 is 2.96 bits per heavy atom. The molecule has 3 N–H and O–H groups in total. The van der Waals surface area contributed by atoms with Gasteiger partial charge < -0.3 is 25.4 Å². The van der Waals surface area contributed by atoms with Gasteiger partial charge in [-0.1, -0.05) is 17.7 Å². The minimum atomic E-state index is -0.425. The van der Waals surface area contributed by atoms with Crippen LogP contribution < -0.4 is 15.4 Å². The molecule has 2 atom stereocenters. The van der Waals surface area contributed by atoms with Crippen LogP contribution in [0, 0.1) is 6.92 Å². The van der Waals surface area contributed by atoms with Crippen molar-refractivity contribution in [1.29, 1.82) is 0 Å². The van der Waals surface area contributed by atoms with Crippen molar-refractivity contribution < 1.29 is 19.4 Å². The molecular weight excluding hydrogens is 298 g/mol. The highest BCUT2D eigenvalue weighted by Gasteiger charge is 2.28. The quantitative estimate of drug-likeness (QED) is 0.756. The molecule has 0 aliphatic carbocycles. The number of methoxy groups -OCH3 is 1. The maximum Gasteiger partial charge on any atom is 0.318 e. The average Bonchev–Trinajstić information content (AvgIpc) is 2.53. The van der Waals surface area contributed by atoms with Crippen LogP contribution >= 0.6 is 0 Å². The summed E-state index contributed by atoms with van der Waals surface area (Å²) in [5.41, 5.74) is 1.95. The molecule has 23 heavy (non-hydrogen) atoms. The minimum absolute atomic E-state index is 0.0139. The minimum Gasteiger partial charge on any atom is -0.496 e. The SMILES string of the molecule is COc1ccc(C)cc1[C@@H](C)NC(=O)N1CC(=O)N[C@H](CO)C1. The maximum absolute atomic E-state index is 12.4. The number of rotatable bonds is 4. The van der Waals surface area contributed by atoms with Crippen molar-refractivity contribution >= 4 is 11.9 Å². The van der Waals surface area contributed by atoms with Crippen LogP contribution in [0.3, 0.4) is 0 Å². The first-order chi connectivity index (χ1) is 10.9. The molecule has 0 aromatic heterocycles. The van der Waals surface area contributed by atoms with E-state index in [0.29, 0.717) is 5.75 Å². The number of benzene rings is 1. The summed E-state index contributed by atoms with van der Waals surface area (Å²) in [4.78, 5) is 25.4. The van der Waals surface area contributed by atoms with Gasteiger partial charge in [0.2, 0.25) is 5.91 Å². The highest BCUT2D eigenvalue weighted by molar-refractivity contribution is 5.85. The van der Waals surface area contributed by atoms with Gasteiger partial charge in [0, 0.05) is 12.1 Å². The Labute approximate surface area is 135 Å². The lowest BCUT2D eigenvalue weighted by Crippen LogP contribution is -2.59. The lowest BCUT2D eigenvalue weighted by molar-refractivity contribution is -0.125. The highest BCUT2D eigenvalue weighted by atomic mass is 16.5. The van der Waals surface area contributed by atoms with Crippen LogP contribution in [-0.4, -0.2) is 54.8 Å². The first kappa shape index (κ1) is 17.1. The van der Waals surface area contributed by atoms with E-state index in [4.69, 9.17) is 4.74 Å². The van der Waals surface area contributed by atoms with Crippen molar-refractivity contribution in [3.63, 3.8) is 0 Å². The van der Waals surface area contributed by atoms with Gasteiger partial charge in [0.15, 0.2) is 0 Å². The van der Waals surface area contributed by atoms with E-state index in [2.05, 4.69) is 10.6 Å². The number of carbonyl (C=O) groups excluding carboxylic acids is 2. The fourth-order valence-corrected chi connectivity index (χ4v) is 2.63. The summed E-state index contributed by atoms with van der Waals surface area (Å²) in [5.74, 6) is 0.430. The molecule has 0 bridgehead atoms. The molecule has 3 amide bonds. The Hall–Kier alpha value is -2.28. The number of amides is 3. The monoisotopic (exact) mass is 321 g/mol. The fourth-order valence-electron chi connectivity index (χ4n) is 2.63. The van der Waals surface area contributed by atoms with Crippen molar-refractivity contribution in [2.45, 2.75) is 25.9 Å². The van der Waals surface area contributed by atoms with Crippen LogP contribution in [0.2, 0.25) is 0 Å². The normalized spacial score (nSPS) is 19.0. The van der Waals surface area contributed by atoms with Crippen LogP contribution in [0.25, 0.3) is 0 Å². The zero-order chi connectivity index (χ0) is 17.0. The molecule has 1 aromatic carbocycles. The molecule has 1 aliphatic heterocycles. The number of hydrogen-bond acceptors (Lipinski definition) is 4. The maximum atomic E-state index is 12.4. The molecule has 1 fully saturated rings. The van der Waals surface area contributed by atoms with Crippen LogP contribution in [0.4, 0.5) is 4.79 Å². The Bertz CT molecular complexity index is 591. The van der Waals surface area contributed by atoms with E-state index in [1.165, 1.54) is 4.90 Å². The molecule has 0 radical (unpaired) electrons. The topological polar surface area (TPSA) is 90.9 Å². The first-order valence-electron chi connectivity index (χ1n) is 7.54. The van der Waals surface area contributed by atoms with Crippen LogP contribution in [0.5, 0.6) is 5.75 Å². The molecule has 2 rings (SSSR count). The molecule has 0 unspecified atom stereocenters. The summed E-state index contributed by atoms with van der Waals surface area (Å²) in [6.45, 7) is 3.91. The van der Waals surface area contributed by atoms with Gasteiger partial charge >= 0.3 is 6.03 Å². The van der Waals surface area contributed by atoms with Crippen LogP contribution in [-0.2, 0) is 4.79 Å². The molecule has 1 saturated heterocycles. The number of hydrogen-bond donors (Lipinski definition) is 3. The van der Waals surface area contributed by atoms with E-state index in [9.17, 15) is 14.7 Å². The highest BCUT2D eigenvalue weighted by Crippen LogP contribution is 2.26. The van der Waals surface area contributed by atoms with Crippen molar-refractivity contribution in [1.82, 2.24) is 15.5 Å². The van der Waals surface area contributed by atoms with Crippen molar-refractivity contribution in [2.75, 3.05) is 26.8 Å². The second-order valence-corrected chi connectivity index (χ2v) is 5.74. The molecular formula is C16H23N3O4. The largest absolute Gasteiger partial charge is 0.496 e. The summed E-state index contributed by atoms with van der Waals surface area (Å²) in [5, 5.41) is 14.7. The van der Waals surface area contributed by atoms with E-state index in [1.54, 1.807) is 7.11 Å². The summed E-state index contributed by atoms with van der Waals surface area (Å²) in [7, 11) is 1.59. The van der Waals surface area contributed by atoms with Crippen molar-refractivity contribution in [3.8, 4) is 5.75 Å². The molecule has 0 spiro atoms. The van der Waals surface area contributed by atoms with Crippen LogP contribution in [0.1, 0.15) is 24.1 Å². The lowest BCUT2D eigenvalue weighted by atomic mass is 10.0. The molecule has 1 heterocycles. The third-order valence-electron chi connectivity index (χ3n) is 3.84. The predicted octanol–water partition coefficient (Wildman–Crippen LogP) is 0.567. The number of piperazine rings is 1. The summed E-state index contributed by atoms with van der Waals surface area (Å²) >= 11 is 0. The molecule has 1 aliphatic rings. The lowest BCUT2D eigenvalue weighted by Gasteiger charge is -2.33. The van der Waals surface area contributed by atoms with Crippen molar-refractivity contribution in [2.24, 2.45) is 0 Å². The van der Waals surface area contributed by atoms with Gasteiger partial charge in [-0.3, -0.25) is 4.79 Å². The molecule has 1 aromatic rings. The summed E-state index contributed by atoms with van der Waals surface area (Å²) in [6, 6.07) is 4.74. The molecule has 7 nitrogen and oxygen atoms in total. The number of urea groups is 1. The summed E-state index contributed by atoms with van der Waals surface area (Å²) in [6.07, 6.45) is 0. The number of aliphatic hydroxyl groups excluding tert-OH is 1. The Morgan fingerprint density at radius 2 is 2.30 bits per heavy atom. The third kappa shape index (κ3) is 4.13. The van der Waals surface area contributed by atoms with E-state index >= 15 is 0 Å². The smallest absolute Gasteiger partial charge is 0.318 e. The number of ether oxygens (including phenoxy) is 1. The second kappa shape index (κ2) is 7.32. The van der Waals surface area contributed by atoms with Gasteiger partial charge in [0.1, 0.15) is 12.3 Å². The van der Waals surface area contributed by atoms with Gasteiger partial charge in [0.05, 0.1) is 25.8 Å². The van der Waals surface area contributed by atoms with E-state index in [0.717, 1.165) is 11.1 Å². The zero-order valence-electron chi connectivity index (χ0n) is 13.6. The molecule has 126 valence electrons. The Kier molecular flexibility index (Phi) is 5.44.